The second-order valence-corrected chi connectivity index (χ2v) is 30.8. The van der Waals surface area contributed by atoms with E-state index in [1.165, 1.54) is 180 Å². The van der Waals surface area contributed by atoms with Gasteiger partial charge in [-0.15, -0.1) is 0 Å². The second kappa shape index (κ2) is 64.7. The summed E-state index contributed by atoms with van der Waals surface area (Å²) in [4.78, 5) is 72.7. The Kier molecular flexibility index (Phi) is 63.4. The number of aliphatic hydroxyl groups is 1. The Labute approximate surface area is 568 Å². The molecule has 0 aromatic rings. The second-order valence-electron chi connectivity index (χ2n) is 27.9. The Morgan fingerprint density at radius 3 is 0.817 bits per heavy atom. The zero-order valence-electron chi connectivity index (χ0n) is 60.7. The van der Waals surface area contributed by atoms with Gasteiger partial charge in [0.05, 0.1) is 26.4 Å². The highest BCUT2D eigenvalue weighted by molar-refractivity contribution is 7.47. The third kappa shape index (κ3) is 67.0. The molecule has 17 nitrogen and oxygen atoms in total. The van der Waals surface area contributed by atoms with E-state index in [1.807, 2.05) is 0 Å². The summed E-state index contributed by atoms with van der Waals surface area (Å²) < 4.78 is 68.4. The molecular weight excluding hydrogens is 1220 g/mol. The van der Waals surface area contributed by atoms with E-state index in [0.29, 0.717) is 31.6 Å². The fourth-order valence-electron chi connectivity index (χ4n) is 11.2. The lowest BCUT2D eigenvalue weighted by molar-refractivity contribution is -0.161. The maximum absolute atomic E-state index is 13.1. The van der Waals surface area contributed by atoms with Crippen molar-refractivity contribution in [1.29, 1.82) is 0 Å². The quantitative estimate of drug-likeness (QED) is 0.0222. The predicted molar refractivity (Wildman–Crippen MR) is 377 cm³/mol. The molecule has 0 amide bonds. The van der Waals surface area contributed by atoms with Crippen LogP contribution in [0, 0.1) is 17.8 Å². The number of phosphoric ester groups is 2. The topological polar surface area (TPSA) is 237 Å². The van der Waals surface area contributed by atoms with E-state index in [2.05, 4.69) is 48.5 Å². The number of ether oxygens (including phenoxy) is 4. The number of rotatable bonds is 72. The molecule has 0 aliphatic rings. The highest BCUT2D eigenvalue weighted by Gasteiger charge is 2.30. The predicted octanol–water partition coefficient (Wildman–Crippen LogP) is 21.4. The lowest BCUT2D eigenvalue weighted by Crippen LogP contribution is -2.30. The van der Waals surface area contributed by atoms with Crippen molar-refractivity contribution in [2.45, 2.75) is 394 Å². The molecule has 552 valence electrons. The van der Waals surface area contributed by atoms with Crippen molar-refractivity contribution in [1.82, 2.24) is 0 Å². The number of hydrogen-bond acceptors (Lipinski definition) is 15. The van der Waals surface area contributed by atoms with Crippen LogP contribution in [0.25, 0.3) is 0 Å². The van der Waals surface area contributed by atoms with E-state index >= 15 is 0 Å². The third-order valence-corrected chi connectivity index (χ3v) is 19.4. The molecule has 19 heteroatoms. The number of carbonyl (C=O) groups is 4. The minimum absolute atomic E-state index is 0.102. The number of phosphoric acid groups is 2. The molecular formula is C74H144O17P2. The summed E-state index contributed by atoms with van der Waals surface area (Å²) in [6.45, 7) is 11.8. The van der Waals surface area contributed by atoms with Crippen LogP contribution in [0.2, 0.25) is 0 Å². The molecule has 0 rings (SSSR count). The van der Waals surface area contributed by atoms with E-state index in [1.54, 1.807) is 0 Å². The van der Waals surface area contributed by atoms with Crippen molar-refractivity contribution in [2.24, 2.45) is 17.8 Å². The number of unbranched alkanes of at least 4 members (excludes halogenated alkanes) is 39. The molecule has 0 fully saturated rings. The molecule has 93 heavy (non-hydrogen) atoms. The van der Waals surface area contributed by atoms with Gasteiger partial charge in [0, 0.05) is 25.7 Å². The molecule has 0 aliphatic carbocycles. The van der Waals surface area contributed by atoms with Gasteiger partial charge in [-0.1, -0.05) is 325 Å². The molecule has 0 bridgehead atoms. The first-order valence-corrected chi connectivity index (χ1v) is 41.4. The van der Waals surface area contributed by atoms with Crippen LogP contribution in [0.1, 0.15) is 376 Å². The Morgan fingerprint density at radius 1 is 0.312 bits per heavy atom. The summed E-state index contributed by atoms with van der Waals surface area (Å²) in [5.41, 5.74) is 0. The third-order valence-electron chi connectivity index (χ3n) is 17.5. The van der Waals surface area contributed by atoms with Gasteiger partial charge in [0.2, 0.25) is 0 Å². The van der Waals surface area contributed by atoms with Gasteiger partial charge in [0.25, 0.3) is 0 Å². The molecule has 0 radical (unpaired) electrons. The number of aliphatic hydroxyl groups excluding tert-OH is 1. The van der Waals surface area contributed by atoms with Crippen LogP contribution in [0.4, 0.5) is 0 Å². The van der Waals surface area contributed by atoms with Crippen molar-refractivity contribution < 1.29 is 80.2 Å². The highest BCUT2D eigenvalue weighted by Crippen LogP contribution is 2.45. The molecule has 0 aliphatic heterocycles. The standard InChI is InChI=1S/C74H144O17P2/c1-8-10-11-12-13-14-15-16-17-18-19-22-26-29-34-43-50-57-73(78)90-69(61-84-71(76)55-48-41-33-28-25-23-20-21-24-27-31-38-45-52-65(3)4)63-88-92(80,81)86-59-68(75)60-87-93(82,83)89-64-70(91-74(79)58-51-44-35-30-32-39-46-53-66(5)6)62-85-72(77)56-49-42-37-36-40-47-54-67(7)9-2/h65-70,75H,8-64H2,1-7H3,(H,80,81)(H,82,83)/t67?,68-,69-,70-/m1/s1. The summed E-state index contributed by atoms with van der Waals surface area (Å²) in [7, 11) is -9.91. The van der Waals surface area contributed by atoms with Gasteiger partial charge in [-0.05, 0) is 43.4 Å². The number of carbonyl (C=O) groups excluding carboxylic acids is 4. The summed E-state index contributed by atoms with van der Waals surface area (Å²) in [6, 6.07) is 0. The van der Waals surface area contributed by atoms with Gasteiger partial charge >= 0.3 is 39.5 Å². The smallest absolute Gasteiger partial charge is 0.462 e. The van der Waals surface area contributed by atoms with Crippen LogP contribution in [-0.4, -0.2) is 96.7 Å². The Hall–Kier alpha value is -1.94. The molecule has 0 saturated carbocycles. The molecule has 0 aromatic carbocycles. The fourth-order valence-corrected chi connectivity index (χ4v) is 12.8. The van der Waals surface area contributed by atoms with Crippen LogP contribution in [-0.2, 0) is 65.4 Å². The summed E-state index contributed by atoms with van der Waals surface area (Å²) in [6.07, 6.45) is 50.1. The first-order chi connectivity index (χ1) is 44.8. The van der Waals surface area contributed by atoms with Crippen LogP contribution in [0.15, 0.2) is 0 Å². The van der Waals surface area contributed by atoms with Crippen LogP contribution < -0.4 is 0 Å². The van der Waals surface area contributed by atoms with E-state index < -0.39 is 97.5 Å². The molecule has 0 spiro atoms. The average molecular weight is 1370 g/mol. The Balaban J connectivity index is 5.23. The summed E-state index contributed by atoms with van der Waals surface area (Å²) >= 11 is 0. The fraction of sp³-hybridized carbons (Fsp3) is 0.946. The SMILES string of the molecule is CCCCCCCCCCCCCCCCCCCC(=O)O[C@H](COC(=O)CCCCCCCCCCCCCCCC(C)C)COP(=O)(O)OC[C@@H](O)COP(=O)(O)OC[C@@H](COC(=O)CCCCCCCCC(C)CC)OC(=O)CCCCCCCCCC(C)C. The van der Waals surface area contributed by atoms with E-state index in [-0.39, 0.29) is 25.7 Å². The Morgan fingerprint density at radius 2 is 0.548 bits per heavy atom. The van der Waals surface area contributed by atoms with E-state index in [9.17, 15) is 43.2 Å². The van der Waals surface area contributed by atoms with Gasteiger partial charge in [-0.25, -0.2) is 9.13 Å². The summed E-state index contributed by atoms with van der Waals surface area (Å²) in [5.74, 6) is 0.0942. The molecule has 0 saturated heterocycles. The molecule has 3 unspecified atom stereocenters. The number of esters is 4. The maximum Gasteiger partial charge on any atom is 0.472 e. The van der Waals surface area contributed by atoms with Crippen molar-refractivity contribution in [3.8, 4) is 0 Å². The lowest BCUT2D eigenvalue weighted by atomic mass is 10.00. The first kappa shape index (κ1) is 91.1. The van der Waals surface area contributed by atoms with Gasteiger partial charge in [-0.2, -0.15) is 0 Å². The minimum atomic E-state index is -4.96. The average Bonchev–Trinajstić information content (AvgIpc) is 3.61. The lowest BCUT2D eigenvalue weighted by Gasteiger charge is -2.21. The zero-order chi connectivity index (χ0) is 68.7. The van der Waals surface area contributed by atoms with Crippen molar-refractivity contribution >= 4 is 39.5 Å². The minimum Gasteiger partial charge on any atom is -0.462 e. The van der Waals surface area contributed by atoms with Crippen molar-refractivity contribution in [3.05, 3.63) is 0 Å². The van der Waals surface area contributed by atoms with Crippen LogP contribution >= 0.6 is 15.6 Å². The van der Waals surface area contributed by atoms with E-state index in [4.69, 9.17) is 37.0 Å². The number of hydrogen-bond donors (Lipinski definition) is 3. The molecule has 3 N–H and O–H groups in total. The van der Waals surface area contributed by atoms with Crippen LogP contribution in [0.5, 0.6) is 0 Å². The first-order valence-electron chi connectivity index (χ1n) is 38.4. The maximum atomic E-state index is 13.1. The van der Waals surface area contributed by atoms with Crippen molar-refractivity contribution in [2.75, 3.05) is 39.6 Å². The highest BCUT2D eigenvalue weighted by atomic mass is 31.2. The monoisotopic (exact) mass is 1370 g/mol. The molecule has 6 atom stereocenters. The summed E-state index contributed by atoms with van der Waals surface area (Å²) in [5, 5.41) is 10.6. The van der Waals surface area contributed by atoms with Crippen molar-refractivity contribution in [3.63, 3.8) is 0 Å². The van der Waals surface area contributed by atoms with Gasteiger partial charge in [-0.3, -0.25) is 37.3 Å². The van der Waals surface area contributed by atoms with Gasteiger partial charge < -0.3 is 33.8 Å². The zero-order valence-corrected chi connectivity index (χ0v) is 62.5. The molecule has 0 heterocycles. The normalized spacial score (nSPS) is 14.4. The van der Waals surface area contributed by atoms with Gasteiger partial charge in [0.15, 0.2) is 12.2 Å². The van der Waals surface area contributed by atoms with Gasteiger partial charge in [0.1, 0.15) is 19.3 Å². The largest absolute Gasteiger partial charge is 0.472 e. The van der Waals surface area contributed by atoms with E-state index in [0.717, 1.165) is 108 Å². The van der Waals surface area contributed by atoms with Crippen LogP contribution in [0.3, 0.4) is 0 Å². The molecule has 0 aromatic heterocycles. The Bertz CT molecular complexity index is 1820.